The zero-order valence-electron chi connectivity index (χ0n) is 14.7. The molecule has 0 bridgehead atoms. The predicted molar refractivity (Wildman–Crippen MR) is 96.0 cm³/mol. The summed E-state index contributed by atoms with van der Waals surface area (Å²) in [5.74, 6) is 2.08. The van der Waals surface area contributed by atoms with E-state index >= 15 is 0 Å². The molecule has 1 saturated carbocycles. The summed E-state index contributed by atoms with van der Waals surface area (Å²) in [6.07, 6.45) is 4.77. The van der Waals surface area contributed by atoms with Crippen LogP contribution in [0.15, 0.2) is 25.7 Å². The second kappa shape index (κ2) is 7.15. The number of carbonyl (C=O) groups is 1. The quantitative estimate of drug-likeness (QED) is 0.706. The van der Waals surface area contributed by atoms with Gasteiger partial charge < -0.3 is 18.6 Å². The first kappa shape index (κ1) is 17.7. The highest BCUT2D eigenvalue weighted by Gasteiger charge is 2.43. The molecular formula is C18H22BrN3O4. The van der Waals surface area contributed by atoms with Gasteiger partial charge in [0, 0.05) is 32.7 Å². The lowest BCUT2D eigenvalue weighted by atomic mass is 9.76. The molecule has 0 aromatic carbocycles. The minimum Gasteiger partial charge on any atom is -0.444 e. The van der Waals surface area contributed by atoms with Crippen molar-refractivity contribution in [3.63, 3.8) is 0 Å². The fourth-order valence-corrected chi connectivity index (χ4v) is 3.94. The third-order valence-electron chi connectivity index (χ3n) is 5.28. The molecule has 3 heterocycles. The van der Waals surface area contributed by atoms with Crippen molar-refractivity contribution in [2.24, 2.45) is 0 Å². The number of hydrogen-bond donors (Lipinski definition) is 0. The SMILES string of the molecule is COCCC1(c2noc(C3CC3)n2)CCCN(C(=O)c2ccc(Br)o2)C1. The highest BCUT2D eigenvalue weighted by Crippen LogP contribution is 2.42. The van der Waals surface area contributed by atoms with E-state index in [0.29, 0.717) is 41.9 Å². The summed E-state index contributed by atoms with van der Waals surface area (Å²) < 4.78 is 16.8. The van der Waals surface area contributed by atoms with Crippen LogP contribution in [0.25, 0.3) is 0 Å². The minimum absolute atomic E-state index is 0.108. The van der Waals surface area contributed by atoms with Gasteiger partial charge in [-0.05, 0) is 60.2 Å². The summed E-state index contributed by atoms with van der Waals surface area (Å²) in [4.78, 5) is 19.4. The van der Waals surface area contributed by atoms with E-state index in [2.05, 4.69) is 26.1 Å². The average Bonchev–Trinajstić information content (AvgIpc) is 3.21. The Labute approximate surface area is 160 Å². The highest BCUT2D eigenvalue weighted by atomic mass is 79.9. The molecule has 0 spiro atoms. The number of aromatic nitrogens is 2. The lowest BCUT2D eigenvalue weighted by Crippen LogP contribution is -2.49. The van der Waals surface area contributed by atoms with E-state index < -0.39 is 0 Å². The van der Waals surface area contributed by atoms with Crippen LogP contribution in [0.2, 0.25) is 0 Å². The maximum absolute atomic E-state index is 12.8. The van der Waals surface area contributed by atoms with Crippen LogP contribution in [0, 0.1) is 0 Å². The fraction of sp³-hybridized carbons (Fsp3) is 0.611. The lowest BCUT2D eigenvalue weighted by Gasteiger charge is -2.40. The van der Waals surface area contributed by atoms with Crippen molar-refractivity contribution in [1.29, 1.82) is 0 Å². The normalized spacial score (nSPS) is 23.4. The molecule has 0 N–H and O–H groups in total. The Balaban J connectivity index is 1.59. The zero-order valence-corrected chi connectivity index (χ0v) is 16.3. The molecule has 2 aromatic rings. The Kier molecular flexibility index (Phi) is 4.88. The number of carbonyl (C=O) groups excluding carboxylic acids is 1. The second-order valence-electron chi connectivity index (χ2n) is 7.19. The van der Waals surface area contributed by atoms with Crippen LogP contribution in [-0.4, -0.2) is 47.8 Å². The molecule has 7 nitrogen and oxygen atoms in total. The van der Waals surface area contributed by atoms with Crippen molar-refractivity contribution in [3.05, 3.63) is 34.3 Å². The van der Waals surface area contributed by atoms with Gasteiger partial charge in [-0.15, -0.1) is 0 Å². The highest BCUT2D eigenvalue weighted by molar-refractivity contribution is 9.10. The maximum atomic E-state index is 12.8. The van der Waals surface area contributed by atoms with E-state index in [-0.39, 0.29) is 11.3 Å². The first-order chi connectivity index (χ1) is 12.6. The third kappa shape index (κ3) is 3.44. The Bertz CT molecular complexity index is 785. The Morgan fingerprint density at radius 1 is 1.46 bits per heavy atom. The van der Waals surface area contributed by atoms with E-state index in [0.717, 1.165) is 38.0 Å². The summed E-state index contributed by atoms with van der Waals surface area (Å²) in [7, 11) is 1.69. The smallest absolute Gasteiger partial charge is 0.289 e. The Hall–Kier alpha value is -1.67. The van der Waals surface area contributed by atoms with Gasteiger partial charge in [-0.25, -0.2) is 0 Å². The lowest BCUT2D eigenvalue weighted by molar-refractivity contribution is 0.0537. The van der Waals surface area contributed by atoms with Crippen molar-refractivity contribution in [2.45, 2.75) is 43.4 Å². The molecule has 26 heavy (non-hydrogen) atoms. The molecule has 1 unspecified atom stereocenters. The van der Waals surface area contributed by atoms with Crippen LogP contribution in [-0.2, 0) is 10.2 Å². The van der Waals surface area contributed by atoms with Gasteiger partial charge in [0.2, 0.25) is 5.89 Å². The number of halogens is 1. The van der Waals surface area contributed by atoms with Gasteiger partial charge in [-0.1, -0.05) is 5.16 Å². The van der Waals surface area contributed by atoms with Gasteiger partial charge in [0.15, 0.2) is 16.3 Å². The number of ether oxygens (including phenoxy) is 1. The summed E-state index contributed by atoms with van der Waals surface area (Å²) in [5.41, 5.74) is -0.343. The van der Waals surface area contributed by atoms with Gasteiger partial charge >= 0.3 is 0 Å². The number of nitrogens with zero attached hydrogens (tertiary/aromatic N) is 3. The van der Waals surface area contributed by atoms with Gasteiger partial charge in [0.1, 0.15) is 0 Å². The number of amides is 1. The molecular weight excluding hydrogens is 402 g/mol. The first-order valence-corrected chi connectivity index (χ1v) is 9.78. The van der Waals surface area contributed by atoms with Crippen molar-refractivity contribution in [2.75, 3.05) is 26.8 Å². The van der Waals surface area contributed by atoms with Crippen molar-refractivity contribution < 1.29 is 18.5 Å². The number of rotatable bonds is 6. The number of methoxy groups -OCH3 is 1. The topological polar surface area (TPSA) is 81.6 Å². The molecule has 1 aliphatic carbocycles. The van der Waals surface area contributed by atoms with E-state index in [1.165, 1.54) is 0 Å². The summed E-state index contributed by atoms with van der Waals surface area (Å²) in [5, 5.41) is 4.29. The third-order valence-corrected chi connectivity index (χ3v) is 5.70. The van der Waals surface area contributed by atoms with Gasteiger partial charge in [0.25, 0.3) is 5.91 Å². The molecule has 4 rings (SSSR count). The number of piperidine rings is 1. The van der Waals surface area contributed by atoms with E-state index in [1.807, 2.05) is 4.90 Å². The van der Waals surface area contributed by atoms with Gasteiger partial charge in [-0.3, -0.25) is 4.79 Å². The molecule has 8 heteroatoms. The largest absolute Gasteiger partial charge is 0.444 e. The monoisotopic (exact) mass is 423 g/mol. The van der Waals surface area contributed by atoms with E-state index in [4.69, 9.17) is 13.7 Å². The van der Waals surface area contributed by atoms with Crippen LogP contribution in [0.4, 0.5) is 0 Å². The molecule has 0 radical (unpaired) electrons. The average molecular weight is 424 g/mol. The second-order valence-corrected chi connectivity index (χ2v) is 7.97. The summed E-state index contributed by atoms with van der Waals surface area (Å²) in [6, 6.07) is 3.42. The van der Waals surface area contributed by atoms with Gasteiger partial charge in [0.05, 0.1) is 5.41 Å². The fourth-order valence-electron chi connectivity index (χ4n) is 3.63. The van der Waals surface area contributed by atoms with Crippen molar-refractivity contribution >= 4 is 21.8 Å². The minimum atomic E-state index is -0.343. The van der Waals surface area contributed by atoms with Crippen LogP contribution in [0.3, 0.4) is 0 Å². The first-order valence-electron chi connectivity index (χ1n) is 8.99. The Morgan fingerprint density at radius 2 is 2.31 bits per heavy atom. The van der Waals surface area contributed by atoms with Crippen LogP contribution in [0.1, 0.15) is 60.3 Å². The number of furan rings is 1. The van der Waals surface area contributed by atoms with Crippen molar-refractivity contribution in [3.8, 4) is 0 Å². The van der Waals surface area contributed by atoms with Crippen molar-refractivity contribution in [1.82, 2.24) is 15.0 Å². The van der Waals surface area contributed by atoms with Crippen LogP contribution < -0.4 is 0 Å². The summed E-state index contributed by atoms with van der Waals surface area (Å²) >= 11 is 3.25. The molecule has 2 aromatic heterocycles. The maximum Gasteiger partial charge on any atom is 0.289 e. The molecule has 1 saturated heterocycles. The number of hydrogen-bond acceptors (Lipinski definition) is 6. The Morgan fingerprint density at radius 3 is 3.00 bits per heavy atom. The van der Waals surface area contributed by atoms with Crippen LogP contribution >= 0.6 is 15.9 Å². The van der Waals surface area contributed by atoms with Crippen LogP contribution in [0.5, 0.6) is 0 Å². The van der Waals surface area contributed by atoms with Gasteiger partial charge in [-0.2, -0.15) is 4.98 Å². The molecule has 2 fully saturated rings. The zero-order chi connectivity index (χ0) is 18.1. The van der Waals surface area contributed by atoms with E-state index in [9.17, 15) is 4.79 Å². The predicted octanol–water partition coefficient (Wildman–Crippen LogP) is 3.51. The standard InChI is InChI=1S/C18H22BrN3O4/c1-24-10-8-18(17-20-15(26-21-17)12-3-4-12)7-2-9-22(11-18)16(23)13-5-6-14(19)25-13/h5-6,12H,2-4,7-11H2,1H3. The molecule has 1 atom stereocenters. The number of likely N-dealkylation sites (tertiary alicyclic amines) is 1. The molecule has 140 valence electrons. The van der Waals surface area contributed by atoms with E-state index in [1.54, 1.807) is 19.2 Å². The molecule has 2 aliphatic rings. The molecule has 1 amide bonds. The molecule has 1 aliphatic heterocycles. The summed E-state index contributed by atoms with van der Waals surface area (Å²) in [6.45, 7) is 1.82.